The summed E-state index contributed by atoms with van der Waals surface area (Å²) in [6.45, 7) is 6.73. The minimum absolute atomic E-state index is 0.0373. The lowest BCUT2D eigenvalue weighted by Crippen LogP contribution is -2.61. The Kier molecular flexibility index (Phi) is 4.08. The van der Waals surface area contributed by atoms with E-state index in [4.69, 9.17) is 5.11 Å². The van der Waals surface area contributed by atoms with Gasteiger partial charge in [0.25, 0.3) is 0 Å². The highest BCUT2D eigenvalue weighted by molar-refractivity contribution is 4.85. The topological polar surface area (TPSA) is 76.0 Å². The Morgan fingerprint density at radius 3 is 2.47 bits per heavy atom. The summed E-state index contributed by atoms with van der Waals surface area (Å²) in [6.07, 6.45) is -1.30. The van der Waals surface area contributed by atoms with E-state index in [0.717, 1.165) is 0 Å². The number of aliphatic hydroxyl groups is 3. The lowest BCUT2D eigenvalue weighted by Gasteiger charge is -2.42. The first-order chi connectivity index (χ1) is 6.84. The number of nitrogens with zero attached hydrogens (tertiary/aromatic N) is 1. The Bertz CT molecular complexity index is 205. The van der Waals surface area contributed by atoms with Gasteiger partial charge in [0.2, 0.25) is 0 Å². The van der Waals surface area contributed by atoms with Crippen molar-refractivity contribution in [2.45, 2.75) is 39.3 Å². The largest absolute Gasteiger partial charge is 0.395 e. The molecule has 0 bridgehead atoms. The van der Waals surface area contributed by atoms with E-state index in [0.29, 0.717) is 13.1 Å². The van der Waals surface area contributed by atoms with E-state index in [2.05, 4.69) is 5.32 Å². The first kappa shape index (κ1) is 12.9. The Hall–Kier alpha value is -0.200. The molecular formula is C10H22N2O3. The van der Waals surface area contributed by atoms with E-state index in [1.165, 1.54) is 0 Å². The fraction of sp³-hybridized carbons (Fsp3) is 1.00. The Labute approximate surface area is 90.7 Å². The zero-order valence-corrected chi connectivity index (χ0v) is 9.64. The number of hydrogen-bond donors (Lipinski definition) is 4. The van der Waals surface area contributed by atoms with Gasteiger partial charge in [-0.1, -0.05) is 20.8 Å². The molecule has 0 spiro atoms. The van der Waals surface area contributed by atoms with Crippen LogP contribution in [-0.2, 0) is 0 Å². The van der Waals surface area contributed by atoms with Gasteiger partial charge in [0.05, 0.1) is 6.61 Å². The van der Waals surface area contributed by atoms with Crippen LogP contribution in [0.1, 0.15) is 20.8 Å². The van der Waals surface area contributed by atoms with Gasteiger partial charge in [-0.05, 0) is 0 Å². The quantitative estimate of drug-likeness (QED) is 0.475. The van der Waals surface area contributed by atoms with Crippen molar-refractivity contribution in [2.24, 2.45) is 5.41 Å². The molecule has 3 unspecified atom stereocenters. The summed E-state index contributed by atoms with van der Waals surface area (Å²) in [7, 11) is 0. The van der Waals surface area contributed by atoms with Crippen molar-refractivity contribution in [1.82, 2.24) is 10.2 Å². The molecule has 5 heteroatoms. The maximum atomic E-state index is 10.0. The van der Waals surface area contributed by atoms with E-state index in [1.54, 1.807) is 4.90 Å². The van der Waals surface area contributed by atoms with Crippen LogP contribution >= 0.6 is 0 Å². The summed E-state index contributed by atoms with van der Waals surface area (Å²) in [5.41, 5.74) is -0.253. The fourth-order valence-electron chi connectivity index (χ4n) is 1.82. The van der Waals surface area contributed by atoms with Crippen molar-refractivity contribution in [3.05, 3.63) is 0 Å². The second-order valence-electron chi connectivity index (χ2n) is 5.26. The molecule has 5 nitrogen and oxygen atoms in total. The predicted molar refractivity (Wildman–Crippen MR) is 57.1 cm³/mol. The SMILES string of the molecule is CC(C)(C)C(O)N1CC(O)NC(CO)C1. The Morgan fingerprint density at radius 1 is 1.40 bits per heavy atom. The van der Waals surface area contributed by atoms with Gasteiger partial charge in [0, 0.05) is 24.5 Å². The third kappa shape index (κ3) is 3.39. The van der Waals surface area contributed by atoms with E-state index in [9.17, 15) is 10.2 Å². The van der Waals surface area contributed by atoms with Crippen LogP contribution in [0.3, 0.4) is 0 Å². The molecule has 1 aliphatic rings. The second kappa shape index (κ2) is 4.76. The molecule has 1 heterocycles. The number of β-amino-alcohol motifs (C(OH)–C–C–N with tert-alkyl or cyclic N) is 1. The summed E-state index contributed by atoms with van der Waals surface area (Å²) in [5.74, 6) is 0. The molecule has 1 saturated heterocycles. The molecule has 0 aliphatic carbocycles. The number of rotatable bonds is 2. The molecule has 1 rings (SSSR count). The molecule has 0 radical (unpaired) electrons. The molecule has 0 amide bonds. The molecule has 1 fully saturated rings. The van der Waals surface area contributed by atoms with Crippen LogP contribution < -0.4 is 5.32 Å². The van der Waals surface area contributed by atoms with Crippen molar-refractivity contribution in [3.63, 3.8) is 0 Å². The minimum atomic E-state index is -0.687. The van der Waals surface area contributed by atoms with Gasteiger partial charge in [-0.2, -0.15) is 0 Å². The first-order valence-corrected chi connectivity index (χ1v) is 5.31. The molecular weight excluding hydrogens is 196 g/mol. The lowest BCUT2D eigenvalue weighted by molar-refractivity contribution is -0.113. The maximum Gasteiger partial charge on any atom is 0.118 e. The van der Waals surface area contributed by atoms with E-state index in [1.807, 2.05) is 20.8 Å². The van der Waals surface area contributed by atoms with Crippen LogP contribution in [0.25, 0.3) is 0 Å². The van der Waals surface area contributed by atoms with Crippen LogP contribution in [0.15, 0.2) is 0 Å². The number of nitrogens with one attached hydrogen (secondary N) is 1. The van der Waals surface area contributed by atoms with Crippen LogP contribution in [0.2, 0.25) is 0 Å². The van der Waals surface area contributed by atoms with Crippen LogP contribution in [0.4, 0.5) is 0 Å². The molecule has 0 aromatic heterocycles. The molecule has 1 aliphatic heterocycles. The third-order valence-corrected chi connectivity index (χ3v) is 2.63. The van der Waals surface area contributed by atoms with Crippen molar-refractivity contribution < 1.29 is 15.3 Å². The maximum absolute atomic E-state index is 10.0. The first-order valence-electron chi connectivity index (χ1n) is 5.31. The average Bonchev–Trinajstić information content (AvgIpc) is 2.14. The van der Waals surface area contributed by atoms with Gasteiger partial charge >= 0.3 is 0 Å². The number of hydrogen-bond acceptors (Lipinski definition) is 5. The number of aliphatic hydroxyl groups excluding tert-OH is 3. The molecule has 3 atom stereocenters. The van der Waals surface area contributed by atoms with E-state index < -0.39 is 12.5 Å². The zero-order chi connectivity index (χ0) is 11.6. The molecule has 15 heavy (non-hydrogen) atoms. The van der Waals surface area contributed by atoms with E-state index in [-0.39, 0.29) is 18.1 Å². The van der Waals surface area contributed by atoms with Gasteiger partial charge in [0.1, 0.15) is 12.5 Å². The fourth-order valence-corrected chi connectivity index (χ4v) is 1.82. The van der Waals surface area contributed by atoms with Crippen molar-refractivity contribution in [1.29, 1.82) is 0 Å². The van der Waals surface area contributed by atoms with Crippen LogP contribution in [0.5, 0.6) is 0 Å². The zero-order valence-electron chi connectivity index (χ0n) is 9.64. The molecule has 0 aromatic rings. The van der Waals surface area contributed by atoms with Crippen molar-refractivity contribution in [3.8, 4) is 0 Å². The molecule has 0 saturated carbocycles. The average molecular weight is 218 g/mol. The minimum Gasteiger partial charge on any atom is -0.395 e. The lowest BCUT2D eigenvalue weighted by atomic mass is 9.92. The van der Waals surface area contributed by atoms with Crippen molar-refractivity contribution >= 4 is 0 Å². The number of piperazine rings is 1. The highest BCUT2D eigenvalue weighted by atomic mass is 16.3. The Balaban J connectivity index is 2.61. The summed E-state index contributed by atoms with van der Waals surface area (Å²) >= 11 is 0. The monoisotopic (exact) mass is 218 g/mol. The van der Waals surface area contributed by atoms with Gasteiger partial charge in [-0.25, -0.2) is 0 Å². The van der Waals surface area contributed by atoms with Gasteiger partial charge in [0.15, 0.2) is 0 Å². The smallest absolute Gasteiger partial charge is 0.118 e. The predicted octanol–water partition coefficient (Wildman–Crippen LogP) is -1.06. The summed E-state index contributed by atoms with van der Waals surface area (Å²) in [4.78, 5) is 1.79. The summed E-state index contributed by atoms with van der Waals surface area (Å²) in [6, 6.07) is -0.175. The van der Waals surface area contributed by atoms with Gasteiger partial charge in [-0.15, -0.1) is 0 Å². The van der Waals surface area contributed by atoms with Gasteiger partial charge < -0.3 is 15.3 Å². The Morgan fingerprint density at radius 2 is 2.00 bits per heavy atom. The second-order valence-corrected chi connectivity index (χ2v) is 5.26. The van der Waals surface area contributed by atoms with Crippen LogP contribution in [-0.4, -0.2) is 58.4 Å². The standard InChI is InChI=1S/C10H22N2O3/c1-10(2,3)9(15)12-4-7(6-13)11-8(14)5-12/h7-9,11,13-15H,4-6H2,1-3H3. The summed E-state index contributed by atoms with van der Waals surface area (Å²) < 4.78 is 0. The molecule has 4 N–H and O–H groups in total. The third-order valence-electron chi connectivity index (χ3n) is 2.63. The molecule has 0 aromatic carbocycles. The molecule has 90 valence electrons. The van der Waals surface area contributed by atoms with Gasteiger partial charge in [-0.3, -0.25) is 10.2 Å². The highest BCUT2D eigenvalue weighted by Gasteiger charge is 2.34. The van der Waals surface area contributed by atoms with Crippen molar-refractivity contribution in [2.75, 3.05) is 19.7 Å². The summed E-state index contributed by atoms with van der Waals surface area (Å²) in [5, 5.41) is 31.5. The normalized spacial score (nSPS) is 31.6. The highest BCUT2D eigenvalue weighted by Crippen LogP contribution is 2.23. The van der Waals surface area contributed by atoms with Crippen LogP contribution in [0, 0.1) is 5.41 Å². The van der Waals surface area contributed by atoms with E-state index >= 15 is 0 Å².